The minimum Gasteiger partial charge on any atom is -0.308 e. The zero-order chi connectivity index (χ0) is 22.2. The maximum absolute atomic E-state index is 2.48. The summed E-state index contributed by atoms with van der Waals surface area (Å²) in [5.41, 5.74) is 10.2. The van der Waals surface area contributed by atoms with Crippen LogP contribution in [0.5, 0.6) is 0 Å². The van der Waals surface area contributed by atoms with Crippen molar-refractivity contribution in [2.24, 2.45) is 0 Å². The van der Waals surface area contributed by atoms with Gasteiger partial charge in [0.25, 0.3) is 0 Å². The van der Waals surface area contributed by atoms with Crippen molar-refractivity contribution in [2.75, 3.05) is 0 Å². The quantitative estimate of drug-likeness (QED) is 0.267. The van der Waals surface area contributed by atoms with Crippen molar-refractivity contribution < 1.29 is 0 Å². The molecule has 5 aromatic carbocycles. The number of aryl methyl sites for hydroxylation is 1. The van der Waals surface area contributed by atoms with Crippen LogP contribution in [0.3, 0.4) is 0 Å². The standard InChI is InChI=1S/C32H25N/c1-2-23-17-12-20-29-30-27(24-13-6-3-7-14-24)21-22-28(25-15-8-4-9-16-25)32(30)33(31(23)29)26-18-10-5-11-19-26/h3-22H,2H2,1H3. The van der Waals surface area contributed by atoms with Crippen LogP contribution < -0.4 is 0 Å². The van der Waals surface area contributed by atoms with Gasteiger partial charge in [0.05, 0.1) is 11.0 Å². The number of para-hydroxylation sites is 2. The molecule has 0 spiro atoms. The minimum absolute atomic E-state index is 0.988. The van der Waals surface area contributed by atoms with E-state index in [-0.39, 0.29) is 0 Å². The van der Waals surface area contributed by atoms with E-state index in [4.69, 9.17) is 0 Å². The lowest BCUT2D eigenvalue weighted by Crippen LogP contribution is -1.98. The molecule has 0 radical (unpaired) electrons. The Bertz CT molecular complexity index is 1560. The Morgan fingerprint density at radius 2 is 1.09 bits per heavy atom. The molecule has 0 amide bonds. The second kappa shape index (κ2) is 8.11. The fraction of sp³-hybridized carbons (Fsp3) is 0.0625. The van der Waals surface area contributed by atoms with Gasteiger partial charge in [0, 0.05) is 22.0 Å². The normalized spacial score (nSPS) is 11.3. The van der Waals surface area contributed by atoms with Gasteiger partial charge in [-0.05, 0) is 40.8 Å². The first kappa shape index (κ1) is 19.6. The molecule has 0 aliphatic carbocycles. The Kier molecular flexibility index (Phi) is 4.81. The van der Waals surface area contributed by atoms with Crippen LogP contribution in [-0.2, 0) is 6.42 Å². The molecule has 0 aliphatic heterocycles. The molecule has 1 heterocycles. The van der Waals surface area contributed by atoms with E-state index in [1.54, 1.807) is 0 Å². The van der Waals surface area contributed by atoms with Gasteiger partial charge in [0.1, 0.15) is 0 Å². The van der Waals surface area contributed by atoms with E-state index in [9.17, 15) is 0 Å². The Morgan fingerprint density at radius 1 is 0.515 bits per heavy atom. The van der Waals surface area contributed by atoms with Gasteiger partial charge in [-0.15, -0.1) is 0 Å². The van der Waals surface area contributed by atoms with Crippen molar-refractivity contribution in [1.82, 2.24) is 4.57 Å². The molecule has 33 heavy (non-hydrogen) atoms. The second-order valence-electron chi connectivity index (χ2n) is 8.45. The number of hydrogen-bond donors (Lipinski definition) is 0. The maximum Gasteiger partial charge on any atom is 0.0625 e. The van der Waals surface area contributed by atoms with Crippen molar-refractivity contribution in [3.05, 3.63) is 127 Å². The van der Waals surface area contributed by atoms with E-state index >= 15 is 0 Å². The summed E-state index contributed by atoms with van der Waals surface area (Å²) in [4.78, 5) is 0. The molecule has 1 heteroatoms. The number of rotatable bonds is 4. The Balaban J connectivity index is 1.88. The first-order valence-electron chi connectivity index (χ1n) is 11.6. The smallest absolute Gasteiger partial charge is 0.0625 e. The zero-order valence-corrected chi connectivity index (χ0v) is 18.7. The lowest BCUT2D eigenvalue weighted by Gasteiger charge is -2.14. The summed E-state index contributed by atoms with van der Waals surface area (Å²) >= 11 is 0. The number of nitrogens with zero attached hydrogens (tertiary/aromatic N) is 1. The monoisotopic (exact) mass is 423 g/mol. The largest absolute Gasteiger partial charge is 0.308 e. The van der Waals surface area contributed by atoms with E-state index in [0.717, 1.165) is 6.42 Å². The predicted molar refractivity (Wildman–Crippen MR) is 141 cm³/mol. The Labute approximate surface area is 194 Å². The molecule has 0 N–H and O–H groups in total. The zero-order valence-electron chi connectivity index (χ0n) is 18.7. The highest BCUT2D eigenvalue weighted by molar-refractivity contribution is 6.20. The summed E-state index contributed by atoms with van der Waals surface area (Å²) in [5, 5.41) is 2.63. The molecule has 158 valence electrons. The van der Waals surface area contributed by atoms with Gasteiger partial charge >= 0.3 is 0 Å². The van der Waals surface area contributed by atoms with Gasteiger partial charge in [0.2, 0.25) is 0 Å². The van der Waals surface area contributed by atoms with Gasteiger partial charge in [-0.2, -0.15) is 0 Å². The molecule has 0 bridgehead atoms. The number of aromatic nitrogens is 1. The average Bonchev–Trinajstić information content (AvgIpc) is 3.25. The minimum atomic E-state index is 0.988. The van der Waals surface area contributed by atoms with Crippen molar-refractivity contribution >= 4 is 21.8 Å². The summed E-state index contributed by atoms with van der Waals surface area (Å²) in [6.07, 6.45) is 0.988. The second-order valence-corrected chi connectivity index (χ2v) is 8.45. The van der Waals surface area contributed by atoms with E-state index < -0.39 is 0 Å². The maximum atomic E-state index is 2.48. The predicted octanol–water partition coefficient (Wildman–Crippen LogP) is 8.68. The molecule has 0 atom stereocenters. The molecule has 0 aliphatic rings. The summed E-state index contributed by atoms with van der Waals surface area (Å²) in [5.74, 6) is 0. The summed E-state index contributed by atoms with van der Waals surface area (Å²) in [6, 6.07) is 43.7. The lowest BCUT2D eigenvalue weighted by molar-refractivity contribution is 1.11. The van der Waals surface area contributed by atoms with Crippen LogP contribution in [0.4, 0.5) is 0 Å². The van der Waals surface area contributed by atoms with Crippen molar-refractivity contribution in [2.45, 2.75) is 13.3 Å². The SMILES string of the molecule is CCc1cccc2c3c(-c4ccccc4)ccc(-c4ccccc4)c3n(-c3ccccc3)c12. The van der Waals surface area contributed by atoms with Crippen LogP contribution in [0, 0.1) is 0 Å². The van der Waals surface area contributed by atoms with E-state index in [1.165, 1.54) is 55.3 Å². The molecule has 0 unspecified atom stereocenters. The highest BCUT2D eigenvalue weighted by Crippen LogP contribution is 2.44. The third kappa shape index (κ3) is 3.16. The average molecular weight is 424 g/mol. The topological polar surface area (TPSA) is 4.93 Å². The van der Waals surface area contributed by atoms with Crippen LogP contribution in [0.15, 0.2) is 121 Å². The third-order valence-corrected chi connectivity index (χ3v) is 6.58. The van der Waals surface area contributed by atoms with Crippen molar-refractivity contribution in [3.8, 4) is 27.9 Å². The molecule has 6 rings (SSSR count). The number of hydrogen-bond acceptors (Lipinski definition) is 0. The summed E-state index contributed by atoms with van der Waals surface area (Å²) in [6.45, 7) is 2.25. The van der Waals surface area contributed by atoms with Gasteiger partial charge in [-0.25, -0.2) is 0 Å². The van der Waals surface area contributed by atoms with Crippen LogP contribution in [-0.4, -0.2) is 4.57 Å². The fourth-order valence-electron chi connectivity index (χ4n) is 5.09. The molecule has 1 aromatic heterocycles. The number of benzene rings is 5. The molecular formula is C32H25N. The van der Waals surface area contributed by atoms with E-state index in [2.05, 4.69) is 133 Å². The summed E-state index contributed by atoms with van der Waals surface area (Å²) in [7, 11) is 0. The first-order valence-corrected chi connectivity index (χ1v) is 11.6. The van der Waals surface area contributed by atoms with Crippen molar-refractivity contribution in [1.29, 1.82) is 0 Å². The van der Waals surface area contributed by atoms with Crippen LogP contribution in [0.1, 0.15) is 12.5 Å². The molecular weight excluding hydrogens is 398 g/mol. The van der Waals surface area contributed by atoms with Crippen LogP contribution >= 0.6 is 0 Å². The van der Waals surface area contributed by atoms with E-state index in [0.29, 0.717) is 0 Å². The van der Waals surface area contributed by atoms with Gasteiger partial charge in [-0.3, -0.25) is 0 Å². The van der Waals surface area contributed by atoms with Crippen molar-refractivity contribution in [3.63, 3.8) is 0 Å². The lowest BCUT2D eigenvalue weighted by atomic mass is 9.94. The molecule has 0 fully saturated rings. The highest BCUT2D eigenvalue weighted by Gasteiger charge is 2.21. The van der Waals surface area contributed by atoms with Crippen LogP contribution in [0.2, 0.25) is 0 Å². The molecule has 0 saturated carbocycles. The Hall–Kier alpha value is -4.10. The van der Waals surface area contributed by atoms with Gasteiger partial charge in [-0.1, -0.05) is 116 Å². The van der Waals surface area contributed by atoms with Gasteiger partial charge < -0.3 is 4.57 Å². The number of fused-ring (bicyclic) bond motifs is 3. The molecule has 0 saturated heterocycles. The van der Waals surface area contributed by atoms with Gasteiger partial charge in [0.15, 0.2) is 0 Å². The third-order valence-electron chi connectivity index (χ3n) is 6.58. The first-order chi connectivity index (χ1) is 16.4. The van der Waals surface area contributed by atoms with Crippen LogP contribution in [0.25, 0.3) is 49.7 Å². The summed E-state index contributed by atoms with van der Waals surface area (Å²) < 4.78 is 2.48. The van der Waals surface area contributed by atoms with E-state index in [1.807, 2.05) is 0 Å². The molecule has 1 nitrogen and oxygen atoms in total. The Morgan fingerprint density at radius 3 is 1.73 bits per heavy atom. The fourth-order valence-corrected chi connectivity index (χ4v) is 5.09. The molecule has 6 aromatic rings. The highest BCUT2D eigenvalue weighted by atomic mass is 15.0.